The van der Waals surface area contributed by atoms with Crippen LogP contribution in [0.25, 0.3) is 0 Å². The summed E-state index contributed by atoms with van der Waals surface area (Å²) in [5.74, 6) is 1.28. The predicted molar refractivity (Wildman–Crippen MR) is 60.3 cm³/mol. The molecule has 1 aliphatic rings. The molecule has 0 bridgehead atoms. The summed E-state index contributed by atoms with van der Waals surface area (Å²) in [5, 5.41) is 0. The molecule has 3 heteroatoms. The number of hydrogen-bond acceptors (Lipinski definition) is 3. The molecule has 1 rings (SSSR count). The number of carbonyl (C=O) groups excluding carboxylic acids is 1. The molecule has 0 aromatic heterocycles. The van der Waals surface area contributed by atoms with Gasteiger partial charge in [0.25, 0.3) is 0 Å². The molecule has 0 amide bonds. The number of hydrogen-bond donors (Lipinski definition) is 1. The highest BCUT2D eigenvalue weighted by Gasteiger charge is 2.23. The van der Waals surface area contributed by atoms with Gasteiger partial charge in [0.05, 0.1) is 13.5 Å². The van der Waals surface area contributed by atoms with Crippen molar-refractivity contribution in [3.8, 4) is 0 Å². The number of carbonyl (C=O) groups is 1. The normalized spacial score (nSPS) is 21.3. The second-order valence-electron chi connectivity index (χ2n) is 4.80. The van der Waals surface area contributed by atoms with Crippen molar-refractivity contribution in [2.75, 3.05) is 7.11 Å². The van der Waals surface area contributed by atoms with E-state index in [1.54, 1.807) is 0 Å². The van der Waals surface area contributed by atoms with Gasteiger partial charge >= 0.3 is 5.97 Å². The van der Waals surface area contributed by atoms with Gasteiger partial charge in [-0.3, -0.25) is 4.79 Å². The van der Waals surface area contributed by atoms with Gasteiger partial charge in [-0.15, -0.1) is 0 Å². The molecular formula is C12H23NO2. The highest BCUT2D eigenvalue weighted by Crippen LogP contribution is 2.33. The SMILES string of the molecule is COC(=O)CC(N)CC(C)C1CCCC1. The van der Waals surface area contributed by atoms with E-state index in [-0.39, 0.29) is 12.0 Å². The van der Waals surface area contributed by atoms with Gasteiger partial charge in [0.1, 0.15) is 0 Å². The Bertz CT molecular complexity index is 200. The number of nitrogens with two attached hydrogens (primary N) is 1. The van der Waals surface area contributed by atoms with Crippen molar-refractivity contribution >= 4 is 5.97 Å². The van der Waals surface area contributed by atoms with Crippen LogP contribution in [0, 0.1) is 11.8 Å². The Balaban J connectivity index is 2.23. The largest absolute Gasteiger partial charge is 0.469 e. The molecule has 1 fully saturated rings. The van der Waals surface area contributed by atoms with Crippen LogP contribution in [-0.4, -0.2) is 19.1 Å². The number of methoxy groups -OCH3 is 1. The molecule has 3 nitrogen and oxygen atoms in total. The summed E-state index contributed by atoms with van der Waals surface area (Å²) in [6.45, 7) is 2.26. The monoisotopic (exact) mass is 213 g/mol. The first-order valence-corrected chi connectivity index (χ1v) is 5.96. The molecule has 0 saturated heterocycles. The molecule has 1 saturated carbocycles. The van der Waals surface area contributed by atoms with Crippen molar-refractivity contribution < 1.29 is 9.53 Å². The Kier molecular flexibility index (Phi) is 5.09. The zero-order valence-electron chi connectivity index (χ0n) is 9.87. The van der Waals surface area contributed by atoms with E-state index < -0.39 is 0 Å². The van der Waals surface area contributed by atoms with Crippen molar-refractivity contribution in [2.45, 2.75) is 51.5 Å². The Hall–Kier alpha value is -0.570. The van der Waals surface area contributed by atoms with E-state index in [9.17, 15) is 4.79 Å². The summed E-state index contributed by atoms with van der Waals surface area (Å²) < 4.78 is 4.61. The van der Waals surface area contributed by atoms with Gasteiger partial charge < -0.3 is 10.5 Å². The van der Waals surface area contributed by atoms with Crippen LogP contribution in [0.5, 0.6) is 0 Å². The van der Waals surface area contributed by atoms with E-state index >= 15 is 0 Å². The van der Waals surface area contributed by atoms with Crippen molar-refractivity contribution in [1.82, 2.24) is 0 Å². The second-order valence-corrected chi connectivity index (χ2v) is 4.80. The minimum absolute atomic E-state index is 0.0342. The molecule has 15 heavy (non-hydrogen) atoms. The van der Waals surface area contributed by atoms with Crippen molar-refractivity contribution in [1.29, 1.82) is 0 Å². The molecule has 0 radical (unpaired) electrons. The summed E-state index contributed by atoms with van der Waals surface area (Å²) in [5.41, 5.74) is 5.92. The molecule has 0 aromatic carbocycles. The molecule has 2 unspecified atom stereocenters. The zero-order chi connectivity index (χ0) is 11.3. The minimum atomic E-state index is -0.193. The lowest BCUT2D eigenvalue weighted by molar-refractivity contribution is -0.141. The lowest BCUT2D eigenvalue weighted by atomic mass is 9.87. The van der Waals surface area contributed by atoms with Crippen LogP contribution >= 0.6 is 0 Å². The highest BCUT2D eigenvalue weighted by molar-refractivity contribution is 5.69. The van der Waals surface area contributed by atoms with Gasteiger partial charge in [-0.1, -0.05) is 32.6 Å². The van der Waals surface area contributed by atoms with Gasteiger partial charge in [-0.05, 0) is 18.3 Å². The lowest BCUT2D eigenvalue weighted by Gasteiger charge is -2.21. The topological polar surface area (TPSA) is 52.3 Å². The van der Waals surface area contributed by atoms with Gasteiger partial charge in [0.2, 0.25) is 0 Å². The third kappa shape index (κ3) is 4.20. The average Bonchev–Trinajstić information content (AvgIpc) is 2.70. The smallest absolute Gasteiger partial charge is 0.307 e. The van der Waals surface area contributed by atoms with E-state index in [1.807, 2.05) is 0 Å². The molecule has 88 valence electrons. The van der Waals surface area contributed by atoms with Crippen LogP contribution in [0.15, 0.2) is 0 Å². The Morgan fingerprint density at radius 1 is 1.47 bits per heavy atom. The molecule has 1 aliphatic carbocycles. The Morgan fingerprint density at radius 3 is 2.60 bits per heavy atom. The van der Waals surface area contributed by atoms with Crippen LogP contribution in [0.3, 0.4) is 0 Å². The number of ether oxygens (including phenoxy) is 1. The maximum Gasteiger partial charge on any atom is 0.307 e. The van der Waals surface area contributed by atoms with E-state index in [2.05, 4.69) is 11.7 Å². The van der Waals surface area contributed by atoms with Gasteiger partial charge in [0, 0.05) is 6.04 Å². The average molecular weight is 213 g/mol. The quantitative estimate of drug-likeness (QED) is 0.711. The van der Waals surface area contributed by atoms with E-state index in [0.717, 1.165) is 12.3 Å². The first-order chi connectivity index (χ1) is 7.13. The summed E-state index contributed by atoms with van der Waals surface area (Å²) in [6, 6.07) is -0.0342. The molecule has 0 aliphatic heterocycles. The fraction of sp³-hybridized carbons (Fsp3) is 0.917. The van der Waals surface area contributed by atoms with Crippen LogP contribution in [0.1, 0.15) is 45.4 Å². The third-order valence-corrected chi connectivity index (χ3v) is 3.54. The van der Waals surface area contributed by atoms with E-state index in [0.29, 0.717) is 12.3 Å². The summed E-state index contributed by atoms with van der Waals surface area (Å²) in [4.78, 5) is 11.0. The lowest BCUT2D eigenvalue weighted by Crippen LogP contribution is -2.28. The standard InChI is InChI=1S/C12H23NO2/c1-9(10-5-3-4-6-10)7-11(13)8-12(14)15-2/h9-11H,3-8,13H2,1-2H3. The van der Waals surface area contributed by atoms with Crippen LogP contribution in [-0.2, 0) is 9.53 Å². The van der Waals surface area contributed by atoms with E-state index in [4.69, 9.17) is 5.73 Å². The molecule has 0 aromatic rings. The minimum Gasteiger partial charge on any atom is -0.469 e. The maximum atomic E-state index is 11.0. The van der Waals surface area contributed by atoms with Crippen LogP contribution in [0.4, 0.5) is 0 Å². The van der Waals surface area contributed by atoms with Crippen molar-refractivity contribution in [3.05, 3.63) is 0 Å². The molecular weight excluding hydrogens is 190 g/mol. The predicted octanol–water partition coefficient (Wildman–Crippen LogP) is 2.09. The molecule has 0 heterocycles. The maximum absolute atomic E-state index is 11.0. The van der Waals surface area contributed by atoms with E-state index in [1.165, 1.54) is 32.8 Å². The van der Waals surface area contributed by atoms with Gasteiger partial charge in [-0.25, -0.2) is 0 Å². The molecule has 2 N–H and O–H groups in total. The summed E-state index contributed by atoms with van der Waals surface area (Å²) >= 11 is 0. The second kappa shape index (κ2) is 6.11. The van der Waals surface area contributed by atoms with Gasteiger partial charge in [-0.2, -0.15) is 0 Å². The van der Waals surface area contributed by atoms with Crippen LogP contribution in [0.2, 0.25) is 0 Å². The molecule has 0 spiro atoms. The van der Waals surface area contributed by atoms with Crippen LogP contribution < -0.4 is 5.73 Å². The fourth-order valence-electron chi connectivity index (χ4n) is 2.58. The Labute approximate surface area is 92.4 Å². The Morgan fingerprint density at radius 2 is 2.07 bits per heavy atom. The number of rotatable bonds is 5. The zero-order valence-corrected chi connectivity index (χ0v) is 9.87. The highest BCUT2D eigenvalue weighted by atomic mass is 16.5. The first-order valence-electron chi connectivity index (χ1n) is 5.96. The third-order valence-electron chi connectivity index (χ3n) is 3.54. The summed E-state index contributed by atoms with van der Waals surface area (Å²) in [6.07, 6.45) is 6.70. The first kappa shape index (κ1) is 12.5. The molecule has 2 atom stereocenters. The summed E-state index contributed by atoms with van der Waals surface area (Å²) in [7, 11) is 1.41. The number of esters is 1. The fourth-order valence-corrected chi connectivity index (χ4v) is 2.58. The van der Waals surface area contributed by atoms with Gasteiger partial charge in [0.15, 0.2) is 0 Å². The van der Waals surface area contributed by atoms with Crippen molar-refractivity contribution in [3.63, 3.8) is 0 Å². The van der Waals surface area contributed by atoms with Crippen molar-refractivity contribution in [2.24, 2.45) is 17.6 Å².